The fraction of sp³-hybridized carbons (Fsp3) is 0.632. The lowest BCUT2D eigenvalue weighted by atomic mass is 10.0. The molecule has 0 bridgehead atoms. The van der Waals surface area contributed by atoms with Gasteiger partial charge in [0.1, 0.15) is 5.75 Å². The Kier molecular flexibility index (Phi) is 5.21. The van der Waals surface area contributed by atoms with E-state index in [4.69, 9.17) is 4.74 Å². The van der Waals surface area contributed by atoms with E-state index in [0.717, 1.165) is 31.7 Å². The second-order valence-electron chi connectivity index (χ2n) is 6.77. The van der Waals surface area contributed by atoms with Crippen LogP contribution in [0.1, 0.15) is 38.2 Å². The Labute approximate surface area is 139 Å². The second-order valence-corrected chi connectivity index (χ2v) is 6.77. The molecule has 126 valence electrons. The molecule has 0 radical (unpaired) electrons. The molecule has 2 saturated heterocycles. The van der Waals surface area contributed by atoms with Crippen molar-refractivity contribution in [3.05, 3.63) is 29.8 Å². The summed E-state index contributed by atoms with van der Waals surface area (Å²) < 4.78 is 5.22. The van der Waals surface area contributed by atoms with Gasteiger partial charge in [0.25, 0.3) is 0 Å². The van der Waals surface area contributed by atoms with Gasteiger partial charge in [-0.3, -0.25) is 9.69 Å². The number of benzene rings is 1. The van der Waals surface area contributed by atoms with Crippen molar-refractivity contribution in [1.29, 1.82) is 0 Å². The third-order valence-electron chi connectivity index (χ3n) is 5.41. The topological polar surface area (TPSA) is 32.8 Å². The Morgan fingerprint density at radius 3 is 2.52 bits per heavy atom. The van der Waals surface area contributed by atoms with Gasteiger partial charge in [-0.1, -0.05) is 12.1 Å². The van der Waals surface area contributed by atoms with Crippen LogP contribution in [0, 0.1) is 0 Å². The maximum atomic E-state index is 11.9. The Bertz CT molecular complexity index is 529. The number of rotatable bonds is 5. The van der Waals surface area contributed by atoms with Crippen molar-refractivity contribution in [2.75, 3.05) is 26.7 Å². The van der Waals surface area contributed by atoms with Gasteiger partial charge >= 0.3 is 0 Å². The van der Waals surface area contributed by atoms with Gasteiger partial charge in [-0.05, 0) is 56.3 Å². The minimum atomic E-state index is 0.245. The summed E-state index contributed by atoms with van der Waals surface area (Å²) in [6, 6.07) is 9.37. The normalized spacial score (nSPS) is 25.0. The molecule has 0 aliphatic carbocycles. The number of carbonyl (C=O) groups is 1. The molecular formula is C19H28N2O2. The third-order valence-corrected chi connectivity index (χ3v) is 5.41. The monoisotopic (exact) mass is 316 g/mol. The number of hydrogen-bond donors (Lipinski definition) is 0. The van der Waals surface area contributed by atoms with E-state index in [2.05, 4.69) is 21.9 Å². The first-order valence-corrected chi connectivity index (χ1v) is 8.83. The van der Waals surface area contributed by atoms with E-state index >= 15 is 0 Å². The number of nitrogens with zero attached hydrogens (tertiary/aromatic N) is 2. The van der Waals surface area contributed by atoms with Crippen LogP contribution >= 0.6 is 0 Å². The molecule has 2 atom stereocenters. The molecular weight excluding hydrogens is 288 g/mol. The van der Waals surface area contributed by atoms with E-state index in [1.807, 2.05) is 12.1 Å². The summed E-state index contributed by atoms with van der Waals surface area (Å²) in [5.41, 5.74) is 1.35. The first-order chi connectivity index (χ1) is 11.2. The average molecular weight is 316 g/mol. The van der Waals surface area contributed by atoms with Crippen molar-refractivity contribution in [2.24, 2.45) is 0 Å². The average Bonchev–Trinajstić information content (AvgIpc) is 3.21. The van der Waals surface area contributed by atoms with E-state index in [1.54, 1.807) is 14.0 Å². The van der Waals surface area contributed by atoms with Crippen molar-refractivity contribution in [3.63, 3.8) is 0 Å². The summed E-state index contributed by atoms with van der Waals surface area (Å²) in [5.74, 6) is 1.16. The fourth-order valence-corrected chi connectivity index (χ4v) is 4.21. The lowest BCUT2D eigenvalue weighted by molar-refractivity contribution is -0.130. The zero-order valence-electron chi connectivity index (χ0n) is 14.3. The summed E-state index contributed by atoms with van der Waals surface area (Å²) in [4.78, 5) is 16.6. The van der Waals surface area contributed by atoms with E-state index < -0.39 is 0 Å². The van der Waals surface area contributed by atoms with Gasteiger partial charge < -0.3 is 9.64 Å². The van der Waals surface area contributed by atoms with Crippen molar-refractivity contribution < 1.29 is 9.53 Å². The Morgan fingerprint density at radius 1 is 1.13 bits per heavy atom. The zero-order chi connectivity index (χ0) is 16.2. The van der Waals surface area contributed by atoms with E-state index in [0.29, 0.717) is 12.1 Å². The van der Waals surface area contributed by atoms with Gasteiger partial charge in [-0.15, -0.1) is 0 Å². The molecule has 0 aromatic heterocycles. The SMILES string of the molecule is COc1ccc(CCN2CCC[C@@H]2[C@H]2CCCN2C(C)=O)cc1. The van der Waals surface area contributed by atoms with Gasteiger partial charge in [0.2, 0.25) is 5.91 Å². The number of methoxy groups -OCH3 is 1. The Morgan fingerprint density at radius 2 is 1.83 bits per heavy atom. The van der Waals surface area contributed by atoms with Crippen LogP contribution in [-0.4, -0.2) is 54.5 Å². The molecule has 23 heavy (non-hydrogen) atoms. The third kappa shape index (κ3) is 3.69. The molecule has 2 heterocycles. The first kappa shape index (κ1) is 16.3. The summed E-state index contributed by atoms with van der Waals surface area (Å²) in [7, 11) is 1.70. The molecule has 2 aliphatic rings. The van der Waals surface area contributed by atoms with Crippen LogP contribution in [0.4, 0.5) is 0 Å². The summed E-state index contributed by atoms with van der Waals surface area (Å²) >= 11 is 0. The molecule has 2 fully saturated rings. The molecule has 4 heteroatoms. The summed E-state index contributed by atoms with van der Waals surface area (Å²) in [6.45, 7) is 4.92. The minimum Gasteiger partial charge on any atom is -0.497 e. The highest BCUT2D eigenvalue weighted by atomic mass is 16.5. The maximum absolute atomic E-state index is 11.9. The van der Waals surface area contributed by atoms with Crippen LogP contribution in [0.5, 0.6) is 5.75 Å². The van der Waals surface area contributed by atoms with Gasteiger partial charge in [0.15, 0.2) is 0 Å². The van der Waals surface area contributed by atoms with E-state index in [1.165, 1.54) is 31.4 Å². The molecule has 0 spiro atoms. The molecule has 0 unspecified atom stereocenters. The van der Waals surface area contributed by atoms with Crippen LogP contribution in [0.15, 0.2) is 24.3 Å². The predicted molar refractivity (Wildman–Crippen MR) is 91.7 cm³/mol. The van der Waals surface area contributed by atoms with E-state index in [9.17, 15) is 4.79 Å². The van der Waals surface area contributed by atoms with Crippen molar-refractivity contribution in [3.8, 4) is 5.75 Å². The van der Waals surface area contributed by atoms with Crippen molar-refractivity contribution >= 4 is 5.91 Å². The van der Waals surface area contributed by atoms with Crippen LogP contribution in [0.3, 0.4) is 0 Å². The predicted octanol–water partition coefficient (Wildman–Crippen LogP) is 2.71. The van der Waals surface area contributed by atoms with Gasteiger partial charge in [0, 0.05) is 32.1 Å². The van der Waals surface area contributed by atoms with E-state index in [-0.39, 0.29) is 5.91 Å². The number of amides is 1. The van der Waals surface area contributed by atoms with Gasteiger partial charge in [-0.25, -0.2) is 0 Å². The quantitative estimate of drug-likeness (QED) is 0.837. The standard InChI is InChI=1S/C19H28N2O2/c1-15(22)21-13-4-6-19(21)18-5-3-12-20(18)14-11-16-7-9-17(23-2)10-8-16/h7-10,18-19H,3-6,11-14H2,1-2H3/t18-,19-/m1/s1. The summed E-state index contributed by atoms with van der Waals surface area (Å²) in [6.07, 6.45) is 5.89. The first-order valence-electron chi connectivity index (χ1n) is 8.83. The highest BCUT2D eigenvalue weighted by Gasteiger charge is 2.38. The molecule has 1 aromatic carbocycles. The fourth-order valence-electron chi connectivity index (χ4n) is 4.21. The number of carbonyl (C=O) groups excluding carboxylic acids is 1. The highest BCUT2D eigenvalue weighted by molar-refractivity contribution is 5.74. The lowest BCUT2D eigenvalue weighted by Crippen LogP contribution is -2.48. The van der Waals surface area contributed by atoms with Crippen molar-refractivity contribution in [1.82, 2.24) is 9.80 Å². The second kappa shape index (κ2) is 7.35. The summed E-state index contributed by atoms with van der Waals surface area (Å²) in [5, 5.41) is 0. The van der Waals surface area contributed by atoms with Crippen LogP contribution in [0.25, 0.3) is 0 Å². The minimum absolute atomic E-state index is 0.245. The van der Waals surface area contributed by atoms with Gasteiger partial charge in [0.05, 0.1) is 7.11 Å². The maximum Gasteiger partial charge on any atom is 0.219 e. The highest BCUT2D eigenvalue weighted by Crippen LogP contribution is 2.30. The number of ether oxygens (including phenoxy) is 1. The Balaban J connectivity index is 1.59. The molecule has 1 amide bonds. The Hall–Kier alpha value is -1.55. The number of likely N-dealkylation sites (tertiary alicyclic amines) is 2. The lowest BCUT2D eigenvalue weighted by Gasteiger charge is -2.34. The van der Waals surface area contributed by atoms with Crippen LogP contribution < -0.4 is 4.74 Å². The number of hydrogen-bond acceptors (Lipinski definition) is 3. The van der Waals surface area contributed by atoms with Crippen molar-refractivity contribution in [2.45, 2.75) is 51.1 Å². The van der Waals surface area contributed by atoms with Gasteiger partial charge in [-0.2, -0.15) is 0 Å². The smallest absolute Gasteiger partial charge is 0.219 e. The zero-order valence-corrected chi connectivity index (χ0v) is 14.3. The molecule has 2 aliphatic heterocycles. The molecule has 0 saturated carbocycles. The van der Waals surface area contributed by atoms with Crippen LogP contribution in [-0.2, 0) is 11.2 Å². The molecule has 1 aromatic rings. The molecule has 0 N–H and O–H groups in total. The largest absolute Gasteiger partial charge is 0.497 e. The van der Waals surface area contributed by atoms with Crippen LogP contribution in [0.2, 0.25) is 0 Å². The molecule has 4 nitrogen and oxygen atoms in total. The molecule has 3 rings (SSSR count).